The van der Waals surface area contributed by atoms with Crippen LogP contribution in [0.4, 0.5) is 5.69 Å². The van der Waals surface area contributed by atoms with Gasteiger partial charge in [-0.2, -0.15) is 0 Å². The second-order valence-electron chi connectivity index (χ2n) is 3.03. The molecule has 1 atom stereocenters. The van der Waals surface area contributed by atoms with Gasteiger partial charge in [0, 0.05) is 11.1 Å². The molecule has 0 radical (unpaired) electrons. The molecule has 0 aliphatic carbocycles. The molecule has 0 saturated carbocycles. The van der Waals surface area contributed by atoms with Crippen molar-refractivity contribution in [3.05, 3.63) is 23.2 Å². The largest absolute Gasteiger partial charge is 0.477 e. The number of amides is 1. The molecule has 0 bridgehead atoms. The highest BCUT2D eigenvalue weighted by Crippen LogP contribution is 2.31. The van der Waals surface area contributed by atoms with Crippen LogP contribution in [0.3, 0.4) is 0 Å². The van der Waals surface area contributed by atoms with Crippen molar-refractivity contribution in [3.63, 3.8) is 0 Å². The molecule has 1 aromatic carbocycles. The summed E-state index contributed by atoms with van der Waals surface area (Å²) < 4.78 is 5.35. The number of carbonyl (C=O) groups excluding carboxylic acids is 1. The Balaban J connectivity index is 2.29. The third-order valence-corrected chi connectivity index (χ3v) is 2.24. The van der Waals surface area contributed by atoms with Gasteiger partial charge in [-0.3, -0.25) is 4.79 Å². The normalized spacial score (nSPS) is 19.1. The highest BCUT2D eigenvalue weighted by atomic mass is 35.5. The van der Waals surface area contributed by atoms with Crippen LogP contribution in [0.2, 0.25) is 5.02 Å². The molecule has 74 valence electrons. The Labute approximate surface area is 86.0 Å². The van der Waals surface area contributed by atoms with E-state index in [4.69, 9.17) is 22.1 Å². The summed E-state index contributed by atoms with van der Waals surface area (Å²) in [4.78, 5) is 10.9. The van der Waals surface area contributed by atoms with E-state index in [1.165, 1.54) is 0 Å². The fourth-order valence-electron chi connectivity index (χ4n) is 1.30. The monoisotopic (exact) mass is 212 g/mol. The summed E-state index contributed by atoms with van der Waals surface area (Å²) in [5.74, 6) is 0.0793. The number of carbonyl (C=O) groups is 1. The van der Waals surface area contributed by atoms with Crippen LogP contribution in [0.1, 0.15) is 0 Å². The zero-order valence-corrected chi connectivity index (χ0v) is 8.04. The van der Waals surface area contributed by atoms with Crippen molar-refractivity contribution < 1.29 is 9.53 Å². The van der Waals surface area contributed by atoms with E-state index < -0.39 is 12.0 Å². The number of fused-ring (bicyclic) bond motifs is 1. The topological polar surface area (TPSA) is 64.4 Å². The fraction of sp³-hybridized carbons (Fsp3) is 0.222. The van der Waals surface area contributed by atoms with Crippen molar-refractivity contribution in [2.45, 2.75) is 6.10 Å². The first-order chi connectivity index (χ1) is 6.66. The quantitative estimate of drug-likeness (QED) is 0.730. The molecule has 1 amide bonds. The van der Waals surface area contributed by atoms with Crippen LogP contribution in [0.5, 0.6) is 5.75 Å². The molecule has 2 rings (SSSR count). The number of nitrogens with one attached hydrogen (secondary N) is 1. The van der Waals surface area contributed by atoms with Crippen LogP contribution < -0.4 is 15.8 Å². The molecule has 1 aromatic rings. The van der Waals surface area contributed by atoms with Gasteiger partial charge in [0.2, 0.25) is 0 Å². The summed E-state index contributed by atoms with van der Waals surface area (Å²) in [6.07, 6.45) is -0.624. The Morgan fingerprint density at radius 1 is 1.64 bits per heavy atom. The van der Waals surface area contributed by atoms with Gasteiger partial charge in [-0.25, -0.2) is 0 Å². The standard InChI is InChI=1S/C9H9ClN2O2/c10-5-1-2-6-7(3-5)14-8(4-12-6)9(11)13/h1-3,8,12H,4H2,(H2,11,13). The van der Waals surface area contributed by atoms with Gasteiger partial charge in [0.15, 0.2) is 6.10 Å². The third-order valence-electron chi connectivity index (χ3n) is 2.01. The lowest BCUT2D eigenvalue weighted by molar-refractivity contribution is -0.124. The van der Waals surface area contributed by atoms with Gasteiger partial charge < -0.3 is 15.8 Å². The lowest BCUT2D eigenvalue weighted by atomic mass is 10.2. The maximum Gasteiger partial charge on any atom is 0.260 e. The molecule has 1 aliphatic heterocycles. The summed E-state index contributed by atoms with van der Waals surface area (Å²) in [7, 11) is 0. The van der Waals surface area contributed by atoms with E-state index >= 15 is 0 Å². The fourth-order valence-corrected chi connectivity index (χ4v) is 1.46. The number of benzene rings is 1. The first-order valence-corrected chi connectivity index (χ1v) is 4.54. The Morgan fingerprint density at radius 2 is 2.43 bits per heavy atom. The second kappa shape index (κ2) is 3.38. The zero-order valence-electron chi connectivity index (χ0n) is 7.29. The van der Waals surface area contributed by atoms with Crippen LogP contribution in [-0.2, 0) is 4.79 Å². The van der Waals surface area contributed by atoms with Gasteiger partial charge in [0.05, 0.1) is 12.2 Å². The van der Waals surface area contributed by atoms with Gasteiger partial charge in [-0.15, -0.1) is 0 Å². The lowest BCUT2D eigenvalue weighted by Crippen LogP contribution is -2.41. The predicted molar refractivity (Wildman–Crippen MR) is 53.6 cm³/mol. The molecule has 1 aliphatic rings. The van der Waals surface area contributed by atoms with E-state index in [0.717, 1.165) is 5.69 Å². The maximum atomic E-state index is 10.9. The number of primary amides is 1. The molecule has 0 fully saturated rings. The number of hydrogen-bond donors (Lipinski definition) is 2. The minimum absolute atomic E-state index is 0.393. The third kappa shape index (κ3) is 1.61. The molecule has 1 heterocycles. The number of halogens is 1. The summed E-state index contributed by atoms with van der Waals surface area (Å²) in [5.41, 5.74) is 5.95. The van der Waals surface area contributed by atoms with E-state index in [9.17, 15) is 4.79 Å². The van der Waals surface area contributed by atoms with E-state index in [2.05, 4.69) is 5.32 Å². The molecule has 5 heteroatoms. The summed E-state index contributed by atoms with van der Waals surface area (Å²) in [6.45, 7) is 0.393. The molecular weight excluding hydrogens is 204 g/mol. The molecule has 0 spiro atoms. The van der Waals surface area contributed by atoms with Crippen molar-refractivity contribution in [3.8, 4) is 5.75 Å². The molecular formula is C9H9ClN2O2. The Kier molecular flexibility index (Phi) is 2.21. The van der Waals surface area contributed by atoms with E-state index in [1.54, 1.807) is 18.2 Å². The van der Waals surface area contributed by atoms with Gasteiger partial charge in [0.1, 0.15) is 5.75 Å². The van der Waals surface area contributed by atoms with Gasteiger partial charge in [-0.1, -0.05) is 11.6 Å². The SMILES string of the molecule is NC(=O)C1CNc2ccc(Cl)cc2O1. The highest BCUT2D eigenvalue weighted by molar-refractivity contribution is 6.30. The van der Waals surface area contributed by atoms with Gasteiger partial charge in [0.25, 0.3) is 5.91 Å². The highest BCUT2D eigenvalue weighted by Gasteiger charge is 2.23. The zero-order chi connectivity index (χ0) is 10.1. The van der Waals surface area contributed by atoms with Crippen LogP contribution >= 0.6 is 11.6 Å². The van der Waals surface area contributed by atoms with Gasteiger partial charge >= 0.3 is 0 Å². The Hall–Kier alpha value is -1.42. The molecule has 4 nitrogen and oxygen atoms in total. The predicted octanol–water partition coefficient (Wildman–Crippen LogP) is 0.998. The minimum Gasteiger partial charge on any atom is -0.477 e. The molecule has 0 saturated heterocycles. The molecule has 3 N–H and O–H groups in total. The van der Waals surface area contributed by atoms with E-state index in [1.807, 2.05) is 0 Å². The minimum atomic E-state index is -0.624. The van der Waals surface area contributed by atoms with E-state index in [-0.39, 0.29) is 0 Å². The van der Waals surface area contributed by atoms with Crippen molar-refractivity contribution in [2.75, 3.05) is 11.9 Å². The summed E-state index contributed by atoms with van der Waals surface area (Å²) >= 11 is 5.78. The van der Waals surface area contributed by atoms with Gasteiger partial charge in [-0.05, 0) is 12.1 Å². The first kappa shape index (κ1) is 9.15. The number of anilines is 1. The Bertz CT molecular complexity index is 381. The maximum absolute atomic E-state index is 10.9. The van der Waals surface area contributed by atoms with Crippen molar-refractivity contribution >= 4 is 23.2 Å². The summed E-state index contributed by atoms with van der Waals surface area (Å²) in [5, 5.41) is 3.60. The second-order valence-corrected chi connectivity index (χ2v) is 3.47. The molecule has 0 aromatic heterocycles. The molecule has 14 heavy (non-hydrogen) atoms. The lowest BCUT2D eigenvalue weighted by Gasteiger charge is -2.25. The average Bonchev–Trinajstić information content (AvgIpc) is 2.16. The van der Waals surface area contributed by atoms with Crippen molar-refractivity contribution in [1.29, 1.82) is 0 Å². The summed E-state index contributed by atoms with van der Waals surface area (Å²) in [6, 6.07) is 5.20. The number of hydrogen-bond acceptors (Lipinski definition) is 3. The Morgan fingerprint density at radius 3 is 3.14 bits per heavy atom. The number of ether oxygens (including phenoxy) is 1. The van der Waals surface area contributed by atoms with Crippen LogP contribution in [-0.4, -0.2) is 18.6 Å². The first-order valence-electron chi connectivity index (χ1n) is 4.16. The van der Waals surface area contributed by atoms with Crippen molar-refractivity contribution in [2.24, 2.45) is 5.73 Å². The van der Waals surface area contributed by atoms with Crippen molar-refractivity contribution in [1.82, 2.24) is 0 Å². The molecule has 1 unspecified atom stereocenters. The van der Waals surface area contributed by atoms with Crippen LogP contribution in [0.15, 0.2) is 18.2 Å². The van der Waals surface area contributed by atoms with E-state index in [0.29, 0.717) is 17.3 Å². The average molecular weight is 213 g/mol. The number of nitrogens with two attached hydrogens (primary N) is 1. The number of rotatable bonds is 1. The van der Waals surface area contributed by atoms with Crippen LogP contribution in [0.25, 0.3) is 0 Å². The smallest absolute Gasteiger partial charge is 0.260 e. The van der Waals surface area contributed by atoms with Crippen LogP contribution in [0, 0.1) is 0 Å².